The van der Waals surface area contributed by atoms with Crippen molar-refractivity contribution in [2.24, 2.45) is 33.5 Å². The van der Waals surface area contributed by atoms with E-state index < -0.39 is 213 Å². The summed E-state index contributed by atoms with van der Waals surface area (Å²) in [5.74, 6) is -0.939. The molecule has 2 saturated carbocycles. The lowest BCUT2D eigenvalue weighted by atomic mass is 9.42. The summed E-state index contributed by atoms with van der Waals surface area (Å²) < 4.78 is 66.7. The van der Waals surface area contributed by atoms with E-state index in [1.807, 2.05) is 27.7 Å². The predicted octanol–water partition coefficient (Wildman–Crippen LogP) is -4.83. The molecular formula is C57H90O28. The van der Waals surface area contributed by atoms with E-state index in [2.05, 4.69) is 6.92 Å². The maximum absolute atomic E-state index is 14.8. The molecule has 8 fully saturated rings. The number of carbonyl (C=O) groups excluding carboxylic acids is 2. The lowest BCUT2D eigenvalue weighted by Gasteiger charge is -2.63. The summed E-state index contributed by atoms with van der Waals surface area (Å²) in [6, 6.07) is 0. The van der Waals surface area contributed by atoms with Crippen LogP contribution in [0, 0.1) is 33.5 Å². The molecule has 28 nitrogen and oxygen atoms in total. The van der Waals surface area contributed by atoms with E-state index in [1.54, 1.807) is 6.92 Å². The average molecular weight is 1220 g/mol. The van der Waals surface area contributed by atoms with Crippen molar-refractivity contribution in [1.29, 1.82) is 0 Å². The third kappa shape index (κ3) is 10.5. The first kappa shape index (κ1) is 66.0. The maximum atomic E-state index is 14.8. The number of hydrogen-bond acceptors (Lipinski definition) is 28. The van der Waals surface area contributed by atoms with Gasteiger partial charge in [0.25, 0.3) is 0 Å². The summed E-state index contributed by atoms with van der Waals surface area (Å²) >= 11 is 0. The normalized spacial score (nSPS) is 54.7. The molecule has 486 valence electrons. The molecule has 33 atom stereocenters. The number of rotatable bonds is 15. The summed E-state index contributed by atoms with van der Waals surface area (Å²) in [6.07, 6.45) is -40.3. The number of Topliss-reactive ketones (excluding diaryl/α,β-unsaturated/α-hetero) is 2. The Hall–Kier alpha value is -1.96. The molecule has 0 bridgehead atoms. The molecule has 4 aliphatic carbocycles. The average Bonchev–Trinajstić information content (AvgIpc) is 1.60. The third-order valence-electron chi connectivity index (χ3n) is 22.0. The van der Waals surface area contributed by atoms with Crippen LogP contribution in [0.2, 0.25) is 0 Å². The molecule has 6 heterocycles. The highest BCUT2D eigenvalue weighted by atomic mass is 16.8. The quantitative estimate of drug-likeness (QED) is 0.0684. The van der Waals surface area contributed by atoms with E-state index in [-0.39, 0.29) is 36.4 Å². The summed E-state index contributed by atoms with van der Waals surface area (Å²) in [7, 11) is 0. The van der Waals surface area contributed by atoms with Crippen molar-refractivity contribution in [2.75, 3.05) is 33.0 Å². The molecule has 0 aromatic heterocycles. The van der Waals surface area contributed by atoms with Crippen molar-refractivity contribution in [1.82, 2.24) is 0 Å². The van der Waals surface area contributed by atoms with Gasteiger partial charge < -0.3 is 129 Å². The number of ketones is 2. The summed E-state index contributed by atoms with van der Waals surface area (Å²) in [4.78, 5) is 27.8. The second-order valence-corrected chi connectivity index (χ2v) is 26.4. The molecule has 33 unspecified atom stereocenters. The standard InChI is InChI=1S/C57H90O28/c1-8-25(60)28-15-21(2)57(85-28)47(74)46(73)56(7)24-9-10-31-53(4,23(24)11-14-55(56,57)6)13-12-32(54(31,5)20-59)81-50-42(72)39(69)36(66)30(80-50)19-77-51-44(35(65)27(62)18-76-51)83-52-45(84-49-41(71)38(68)33(63)22(3)78-49)43(37(67)29(16-58)79-52)82-48-40(70)34(64)26(61)17-75-48/h21-22,26-45,47-52,58-59,61-72,74H,8-20H2,1-7H3. The minimum atomic E-state index is -1.99. The fraction of sp³-hybridized carbons (Fsp3) is 0.930. The SMILES string of the molecule is CCC(=O)C1CC(C)C2(O1)C(O)C(=O)C1(C)C3=C(CCC12C)C1(C)CCC(OC2OC(COC4OCC(O)C(O)C4OC4OC(CO)C(O)C(OC5OCC(O)C(O)C5O)C4OC4OC(C)C(O)C(O)C4O)C(O)C(O)C2O)C(C)(CO)C1CC3. The van der Waals surface area contributed by atoms with Crippen LogP contribution >= 0.6 is 0 Å². The molecule has 0 aromatic rings. The summed E-state index contributed by atoms with van der Waals surface area (Å²) in [6.45, 7) is 9.88. The van der Waals surface area contributed by atoms with Gasteiger partial charge in [0.05, 0.1) is 50.7 Å². The van der Waals surface area contributed by atoms with Gasteiger partial charge in [-0.15, -0.1) is 0 Å². The zero-order chi connectivity index (χ0) is 61.9. The lowest BCUT2D eigenvalue weighted by Crippen LogP contribution is -2.67. The number of carbonyl (C=O) groups is 2. The van der Waals surface area contributed by atoms with E-state index in [0.29, 0.717) is 44.9 Å². The van der Waals surface area contributed by atoms with Crippen LogP contribution in [0.15, 0.2) is 11.1 Å². The fourth-order valence-electron chi connectivity index (χ4n) is 16.7. The van der Waals surface area contributed by atoms with Crippen molar-refractivity contribution < 1.29 is 138 Å². The first-order chi connectivity index (χ1) is 40.0. The zero-order valence-corrected chi connectivity index (χ0v) is 48.9. The van der Waals surface area contributed by atoms with Crippen LogP contribution in [-0.4, -0.2) is 286 Å². The smallest absolute Gasteiger partial charge is 0.187 e. The van der Waals surface area contributed by atoms with Crippen LogP contribution in [-0.2, 0) is 61.7 Å². The molecular weight excluding hydrogens is 1130 g/mol. The molecule has 10 aliphatic rings. The Labute approximate surface area is 491 Å². The zero-order valence-electron chi connectivity index (χ0n) is 48.9. The topological polar surface area (TPSA) is 439 Å². The van der Waals surface area contributed by atoms with Crippen LogP contribution in [0.5, 0.6) is 0 Å². The fourth-order valence-corrected chi connectivity index (χ4v) is 16.7. The Bertz CT molecular complexity index is 2420. The minimum absolute atomic E-state index is 0.0715. The molecule has 28 heteroatoms. The molecule has 85 heavy (non-hydrogen) atoms. The monoisotopic (exact) mass is 1220 g/mol. The number of aliphatic hydroxyl groups is 15. The van der Waals surface area contributed by atoms with Crippen LogP contribution in [0.1, 0.15) is 99.8 Å². The number of aliphatic hydroxyl groups excluding tert-OH is 15. The molecule has 10 rings (SSSR count). The van der Waals surface area contributed by atoms with Crippen LogP contribution in [0.4, 0.5) is 0 Å². The number of fused-ring (bicyclic) bond motifs is 5. The van der Waals surface area contributed by atoms with Crippen LogP contribution < -0.4 is 0 Å². The first-order valence-corrected chi connectivity index (χ1v) is 30.0. The first-order valence-electron chi connectivity index (χ1n) is 30.0. The highest BCUT2D eigenvalue weighted by molar-refractivity contribution is 5.98. The van der Waals surface area contributed by atoms with E-state index in [1.165, 1.54) is 6.92 Å². The van der Waals surface area contributed by atoms with Crippen molar-refractivity contribution >= 4 is 11.6 Å². The van der Waals surface area contributed by atoms with E-state index >= 15 is 0 Å². The van der Waals surface area contributed by atoms with Gasteiger partial charge in [0.15, 0.2) is 43.0 Å². The molecule has 15 N–H and O–H groups in total. The van der Waals surface area contributed by atoms with E-state index in [9.17, 15) is 86.2 Å². The minimum Gasteiger partial charge on any atom is -0.396 e. The number of hydrogen-bond donors (Lipinski definition) is 15. The van der Waals surface area contributed by atoms with Crippen LogP contribution in [0.3, 0.4) is 0 Å². The highest BCUT2D eigenvalue weighted by Gasteiger charge is 2.79. The van der Waals surface area contributed by atoms with Crippen molar-refractivity contribution in [3.63, 3.8) is 0 Å². The second-order valence-electron chi connectivity index (χ2n) is 26.4. The van der Waals surface area contributed by atoms with Crippen molar-refractivity contribution in [2.45, 2.75) is 265 Å². The Morgan fingerprint density at radius 1 is 0.600 bits per heavy atom. The van der Waals surface area contributed by atoms with Gasteiger partial charge in [0, 0.05) is 17.3 Å². The van der Waals surface area contributed by atoms with Crippen LogP contribution in [0.25, 0.3) is 0 Å². The third-order valence-corrected chi connectivity index (χ3v) is 22.0. The summed E-state index contributed by atoms with van der Waals surface area (Å²) in [5.41, 5.74) is -2.81. The predicted molar refractivity (Wildman–Crippen MR) is 281 cm³/mol. The molecule has 0 radical (unpaired) electrons. The Morgan fingerprint density at radius 2 is 1.20 bits per heavy atom. The Balaban J connectivity index is 0.863. The molecule has 6 saturated heterocycles. The molecule has 6 aliphatic heterocycles. The lowest BCUT2D eigenvalue weighted by molar-refractivity contribution is -0.404. The maximum Gasteiger partial charge on any atom is 0.187 e. The van der Waals surface area contributed by atoms with Crippen molar-refractivity contribution in [3.8, 4) is 0 Å². The van der Waals surface area contributed by atoms with Crippen molar-refractivity contribution in [3.05, 3.63) is 11.1 Å². The Kier molecular flexibility index (Phi) is 19.1. The number of allylic oxidation sites excluding steroid dienone is 2. The summed E-state index contributed by atoms with van der Waals surface area (Å²) in [5, 5.41) is 166. The van der Waals surface area contributed by atoms with Gasteiger partial charge in [0.2, 0.25) is 0 Å². The molecule has 1 spiro atoms. The highest BCUT2D eigenvalue weighted by Crippen LogP contribution is 2.74. The largest absolute Gasteiger partial charge is 0.396 e. The van der Waals surface area contributed by atoms with Gasteiger partial charge in [-0.25, -0.2) is 0 Å². The second kappa shape index (κ2) is 24.6. The number of ether oxygens (including phenoxy) is 11. The van der Waals surface area contributed by atoms with E-state index in [4.69, 9.17) is 52.1 Å². The van der Waals surface area contributed by atoms with Gasteiger partial charge in [-0.2, -0.15) is 0 Å². The Morgan fingerprint density at radius 3 is 1.86 bits per heavy atom. The van der Waals surface area contributed by atoms with E-state index in [0.717, 1.165) is 11.1 Å². The van der Waals surface area contributed by atoms with Gasteiger partial charge in [-0.05, 0) is 76.0 Å². The molecule has 0 amide bonds. The van der Waals surface area contributed by atoms with Gasteiger partial charge in [-0.1, -0.05) is 45.8 Å². The molecule has 0 aromatic carbocycles. The van der Waals surface area contributed by atoms with Gasteiger partial charge in [0.1, 0.15) is 122 Å². The van der Waals surface area contributed by atoms with Gasteiger partial charge >= 0.3 is 0 Å². The van der Waals surface area contributed by atoms with Gasteiger partial charge in [-0.3, -0.25) is 9.59 Å².